The van der Waals surface area contributed by atoms with E-state index < -0.39 is 0 Å². The summed E-state index contributed by atoms with van der Waals surface area (Å²) in [5.41, 5.74) is 2.61. The molecular formula is C10H10N2O3S. The van der Waals surface area contributed by atoms with Crippen molar-refractivity contribution in [3.63, 3.8) is 0 Å². The fourth-order valence-electron chi connectivity index (χ4n) is 1.08. The number of furan rings is 1. The maximum atomic E-state index is 11.5. The first kappa shape index (κ1) is 10.8. The summed E-state index contributed by atoms with van der Waals surface area (Å²) in [7, 11) is 0. The van der Waals surface area contributed by atoms with Crippen molar-refractivity contribution < 1.29 is 14.0 Å². The monoisotopic (exact) mass is 238 g/mol. The summed E-state index contributed by atoms with van der Waals surface area (Å²) in [6.45, 7) is 2.20. The number of nitrogens with zero attached hydrogens (tertiary/aromatic N) is 1. The molecule has 0 saturated carbocycles. The summed E-state index contributed by atoms with van der Waals surface area (Å²) >= 11 is 1.35. The number of aromatic nitrogens is 1. The molecule has 2 heterocycles. The van der Waals surface area contributed by atoms with Gasteiger partial charge in [-0.15, -0.1) is 11.3 Å². The van der Waals surface area contributed by atoms with Crippen LogP contribution in [-0.2, 0) is 4.84 Å². The quantitative estimate of drug-likeness (QED) is 0.828. The standard InChI is InChI=1S/C10H10N2O3S/c1-2-15-12-9(13)7-6-16-10(11-7)8-4-3-5-14-8/h3-6H,2H2,1H3,(H,12,13). The number of hydrogen-bond donors (Lipinski definition) is 1. The zero-order valence-electron chi connectivity index (χ0n) is 8.60. The van der Waals surface area contributed by atoms with E-state index in [2.05, 4.69) is 10.5 Å². The molecule has 0 fully saturated rings. The van der Waals surface area contributed by atoms with Gasteiger partial charge in [-0.2, -0.15) is 0 Å². The van der Waals surface area contributed by atoms with Crippen LogP contribution in [-0.4, -0.2) is 17.5 Å². The topological polar surface area (TPSA) is 64.4 Å². The van der Waals surface area contributed by atoms with Gasteiger partial charge in [0.05, 0.1) is 12.9 Å². The van der Waals surface area contributed by atoms with Crippen molar-refractivity contribution in [1.29, 1.82) is 0 Å². The molecule has 2 rings (SSSR count). The lowest BCUT2D eigenvalue weighted by atomic mass is 10.4. The summed E-state index contributed by atoms with van der Waals surface area (Å²) < 4.78 is 5.18. The molecule has 5 nitrogen and oxygen atoms in total. The first-order chi connectivity index (χ1) is 7.81. The van der Waals surface area contributed by atoms with Crippen LogP contribution < -0.4 is 5.48 Å². The van der Waals surface area contributed by atoms with Gasteiger partial charge in [-0.3, -0.25) is 9.63 Å². The van der Waals surface area contributed by atoms with E-state index in [0.717, 1.165) is 0 Å². The maximum absolute atomic E-state index is 11.5. The molecule has 16 heavy (non-hydrogen) atoms. The summed E-state index contributed by atoms with van der Waals surface area (Å²) in [4.78, 5) is 20.4. The van der Waals surface area contributed by atoms with E-state index >= 15 is 0 Å². The predicted octanol–water partition coefficient (Wildman–Crippen LogP) is 2.08. The molecule has 0 bridgehead atoms. The third-order valence-corrected chi connectivity index (χ3v) is 2.63. The number of carbonyl (C=O) groups excluding carboxylic acids is 1. The molecule has 0 radical (unpaired) electrons. The molecule has 0 spiro atoms. The first-order valence-electron chi connectivity index (χ1n) is 4.72. The summed E-state index contributed by atoms with van der Waals surface area (Å²) in [6.07, 6.45) is 1.57. The molecular weight excluding hydrogens is 228 g/mol. The Morgan fingerprint density at radius 2 is 2.56 bits per heavy atom. The fraction of sp³-hybridized carbons (Fsp3) is 0.200. The molecule has 0 aliphatic heterocycles. The number of nitrogens with one attached hydrogen (secondary N) is 1. The Labute approximate surface area is 96.0 Å². The SMILES string of the molecule is CCONC(=O)c1csc(-c2ccco2)n1. The van der Waals surface area contributed by atoms with Crippen LogP contribution in [0.4, 0.5) is 0 Å². The van der Waals surface area contributed by atoms with E-state index in [9.17, 15) is 4.79 Å². The molecule has 0 aliphatic rings. The Balaban J connectivity index is 2.11. The van der Waals surface area contributed by atoms with Crippen molar-refractivity contribution in [3.05, 3.63) is 29.5 Å². The van der Waals surface area contributed by atoms with Crippen LogP contribution in [0.2, 0.25) is 0 Å². The van der Waals surface area contributed by atoms with Gasteiger partial charge >= 0.3 is 0 Å². The van der Waals surface area contributed by atoms with E-state index in [1.807, 2.05) is 0 Å². The molecule has 1 amide bonds. The molecule has 0 aliphatic carbocycles. The second-order valence-electron chi connectivity index (χ2n) is 2.88. The summed E-state index contributed by atoms with van der Waals surface area (Å²) in [5, 5.41) is 2.33. The smallest absolute Gasteiger partial charge is 0.294 e. The Hall–Kier alpha value is -1.66. The molecule has 6 heteroatoms. The van der Waals surface area contributed by atoms with E-state index in [4.69, 9.17) is 9.25 Å². The average molecular weight is 238 g/mol. The third-order valence-electron chi connectivity index (χ3n) is 1.78. The van der Waals surface area contributed by atoms with Gasteiger partial charge in [0.15, 0.2) is 10.8 Å². The van der Waals surface area contributed by atoms with Gasteiger partial charge in [-0.1, -0.05) is 0 Å². The number of thiazole rings is 1. The molecule has 2 aromatic rings. The van der Waals surface area contributed by atoms with Crippen molar-refractivity contribution in [1.82, 2.24) is 10.5 Å². The molecule has 1 N–H and O–H groups in total. The largest absolute Gasteiger partial charge is 0.462 e. The first-order valence-corrected chi connectivity index (χ1v) is 5.60. The van der Waals surface area contributed by atoms with Crippen molar-refractivity contribution in [2.45, 2.75) is 6.92 Å². The van der Waals surface area contributed by atoms with Crippen molar-refractivity contribution in [2.24, 2.45) is 0 Å². The van der Waals surface area contributed by atoms with E-state index in [1.165, 1.54) is 11.3 Å². The number of amides is 1. The van der Waals surface area contributed by atoms with Crippen molar-refractivity contribution >= 4 is 17.2 Å². The summed E-state index contributed by atoms with van der Waals surface area (Å²) in [5.74, 6) is 0.302. The van der Waals surface area contributed by atoms with E-state index in [0.29, 0.717) is 23.1 Å². The van der Waals surface area contributed by atoms with Gasteiger partial charge in [0.1, 0.15) is 5.69 Å². The van der Waals surface area contributed by atoms with Gasteiger partial charge in [0.25, 0.3) is 5.91 Å². The maximum Gasteiger partial charge on any atom is 0.294 e. The Morgan fingerprint density at radius 3 is 3.25 bits per heavy atom. The van der Waals surface area contributed by atoms with Gasteiger partial charge < -0.3 is 4.42 Å². The second-order valence-corrected chi connectivity index (χ2v) is 3.74. The van der Waals surface area contributed by atoms with Crippen LogP contribution in [0.5, 0.6) is 0 Å². The highest BCUT2D eigenvalue weighted by Crippen LogP contribution is 2.23. The number of hydroxylamine groups is 1. The number of carbonyl (C=O) groups is 1. The molecule has 0 aromatic carbocycles. The molecule has 84 valence electrons. The highest BCUT2D eigenvalue weighted by Gasteiger charge is 2.12. The molecule has 2 aromatic heterocycles. The second kappa shape index (κ2) is 4.91. The molecule has 0 unspecified atom stereocenters. The lowest BCUT2D eigenvalue weighted by Gasteiger charge is -1.99. The van der Waals surface area contributed by atoms with Crippen LogP contribution in [0, 0.1) is 0 Å². The minimum absolute atomic E-state index is 0.324. The molecule has 0 atom stereocenters. The third kappa shape index (κ3) is 2.29. The highest BCUT2D eigenvalue weighted by molar-refractivity contribution is 7.13. The van der Waals surface area contributed by atoms with Gasteiger partial charge in [0.2, 0.25) is 0 Å². The zero-order chi connectivity index (χ0) is 11.4. The minimum atomic E-state index is -0.351. The Morgan fingerprint density at radius 1 is 1.69 bits per heavy atom. The van der Waals surface area contributed by atoms with Crippen molar-refractivity contribution in [2.75, 3.05) is 6.61 Å². The lowest BCUT2D eigenvalue weighted by Crippen LogP contribution is -2.23. The van der Waals surface area contributed by atoms with Crippen LogP contribution in [0.25, 0.3) is 10.8 Å². The Kier molecular flexibility index (Phi) is 3.33. The van der Waals surface area contributed by atoms with E-state index in [-0.39, 0.29) is 5.91 Å². The number of hydrogen-bond acceptors (Lipinski definition) is 5. The number of rotatable bonds is 4. The predicted molar refractivity (Wildman–Crippen MR) is 58.9 cm³/mol. The van der Waals surface area contributed by atoms with E-state index in [1.54, 1.807) is 30.7 Å². The van der Waals surface area contributed by atoms with Gasteiger partial charge in [-0.25, -0.2) is 10.5 Å². The Bertz CT molecular complexity index is 464. The zero-order valence-corrected chi connectivity index (χ0v) is 9.41. The van der Waals surface area contributed by atoms with Crippen molar-refractivity contribution in [3.8, 4) is 10.8 Å². The fourth-order valence-corrected chi connectivity index (χ4v) is 1.85. The van der Waals surface area contributed by atoms with Crippen LogP contribution in [0.1, 0.15) is 17.4 Å². The average Bonchev–Trinajstić information content (AvgIpc) is 2.94. The van der Waals surface area contributed by atoms with Crippen LogP contribution in [0.3, 0.4) is 0 Å². The van der Waals surface area contributed by atoms with Crippen LogP contribution in [0.15, 0.2) is 28.2 Å². The highest BCUT2D eigenvalue weighted by atomic mass is 32.1. The molecule has 0 saturated heterocycles. The van der Waals surface area contributed by atoms with Gasteiger partial charge in [0, 0.05) is 5.38 Å². The minimum Gasteiger partial charge on any atom is -0.462 e. The summed E-state index contributed by atoms with van der Waals surface area (Å²) in [6, 6.07) is 3.57. The van der Waals surface area contributed by atoms with Crippen LogP contribution >= 0.6 is 11.3 Å². The van der Waals surface area contributed by atoms with Gasteiger partial charge in [-0.05, 0) is 19.1 Å². The lowest BCUT2D eigenvalue weighted by molar-refractivity contribution is 0.0360. The normalized spacial score (nSPS) is 10.3.